The van der Waals surface area contributed by atoms with Crippen molar-refractivity contribution in [3.63, 3.8) is 0 Å². The molecule has 0 atom stereocenters. The molecule has 0 radical (unpaired) electrons. The van der Waals surface area contributed by atoms with Gasteiger partial charge in [0.25, 0.3) is 0 Å². The van der Waals surface area contributed by atoms with Crippen LogP contribution in [-0.2, 0) is 6.54 Å². The Morgan fingerprint density at radius 2 is 1.96 bits per heavy atom. The van der Waals surface area contributed by atoms with Crippen LogP contribution < -0.4 is 15.8 Å². The number of benzene rings is 2. The number of ether oxygens (including phenoxy) is 1. The van der Waals surface area contributed by atoms with E-state index in [1.54, 1.807) is 0 Å². The predicted molar refractivity (Wildman–Crippen MR) is 90.8 cm³/mol. The fourth-order valence-corrected chi connectivity index (χ4v) is 2.35. The second-order valence-electron chi connectivity index (χ2n) is 4.98. The molecule has 6 nitrogen and oxygen atoms in total. The number of aromatic amines is 1. The van der Waals surface area contributed by atoms with Crippen molar-refractivity contribution in [1.29, 1.82) is 0 Å². The zero-order chi connectivity index (χ0) is 16.2. The molecule has 0 fully saturated rings. The van der Waals surface area contributed by atoms with Crippen molar-refractivity contribution in [2.45, 2.75) is 13.5 Å². The van der Waals surface area contributed by atoms with Gasteiger partial charge < -0.3 is 15.8 Å². The van der Waals surface area contributed by atoms with Crippen molar-refractivity contribution in [3.05, 3.63) is 58.6 Å². The van der Waals surface area contributed by atoms with Crippen molar-refractivity contribution in [2.75, 3.05) is 11.1 Å². The van der Waals surface area contributed by atoms with E-state index in [2.05, 4.69) is 20.5 Å². The molecule has 0 spiro atoms. The van der Waals surface area contributed by atoms with E-state index < -0.39 is 0 Å². The summed E-state index contributed by atoms with van der Waals surface area (Å²) in [4.78, 5) is 4.00. The van der Waals surface area contributed by atoms with Gasteiger partial charge in [0, 0.05) is 17.1 Å². The van der Waals surface area contributed by atoms with Crippen LogP contribution >= 0.6 is 11.6 Å². The molecule has 0 amide bonds. The molecular formula is C16H16ClN5O. The molecule has 0 aliphatic rings. The Hall–Kier alpha value is -2.73. The fourth-order valence-electron chi connectivity index (χ4n) is 2.12. The third-order valence-corrected chi connectivity index (χ3v) is 3.67. The molecule has 0 saturated heterocycles. The smallest absolute Gasteiger partial charge is 0.243 e. The lowest BCUT2D eigenvalue weighted by Crippen LogP contribution is -2.04. The van der Waals surface area contributed by atoms with Gasteiger partial charge in [-0.25, -0.2) is 5.10 Å². The zero-order valence-electron chi connectivity index (χ0n) is 12.5. The Labute approximate surface area is 138 Å². The maximum absolute atomic E-state index is 6.31. The molecule has 0 aliphatic heterocycles. The van der Waals surface area contributed by atoms with Crippen molar-refractivity contribution in [2.24, 2.45) is 0 Å². The van der Waals surface area contributed by atoms with Gasteiger partial charge in [-0.3, -0.25) is 0 Å². The van der Waals surface area contributed by atoms with Crippen molar-refractivity contribution in [3.8, 4) is 11.5 Å². The van der Waals surface area contributed by atoms with Gasteiger partial charge in [0.2, 0.25) is 11.9 Å². The van der Waals surface area contributed by atoms with Crippen LogP contribution in [0.2, 0.25) is 5.02 Å². The molecule has 1 aromatic heterocycles. The number of rotatable bonds is 5. The molecule has 2 aromatic carbocycles. The van der Waals surface area contributed by atoms with E-state index in [1.807, 2.05) is 49.4 Å². The quantitative estimate of drug-likeness (QED) is 0.663. The summed E-state index contributed by atoms with van der Waals surface area (Å²) in [6, 6.07) is 13.4. The highest BCUT2D eigenvalue weighted by molar-refractivity contribution is 6.31. The highest BCUT2D eigenvalue weighted by Gasteiger charge is 2.11. The Kier molecular flexibility index (Phi) is 4.34. The van der Waals surface area contributed by atoms with E-state index >= 15 is 0 Å². The number of hydrogen-bond donors (Lipinski definition) is 3. The number of H-pyrrole nitrogens is 1. The van der Waals surface area contributed by atoms with Crippen LogP contribution in [0.4, 0.5) is 11.9 Å². The zero-order valence-corrected chi connectivity index (χ0v) is 13.3. The first kappa shape index (κ1) is 15.2. The predicted octanol–water partition coefficient (Wildman–Crippen LogP) is 3.75. The first-order chi connectivity index (χ1) is 11.1. The van der Waals surface area contributed by atoms with Gasteiger partial charge in [-0.2, -0.15) is 4.98 Å². The summed E-state index contributed by atoms with van der Waals surface area (Å²) in [7, 11) is 0. The molecule has 0 bridgehead atoms. The highest BCUT2D eigenvalue weighted by Crippen LogP contribution is 2.32. The number of nitrogen functional groups attached to an aromatic ring is 1. The lowest BCUT2D eigenvalue weighted by molar-refractivity contribution is 0.473. The van der Waals surface area contributed by atoms with E-state index in [-0.39, 0.29) is 5.95 Å². The number of aryl methyl sites for hydroxylation is 1. The molecular weight excluding hydrogens is 314 g/mol. The van der Waals surface area contributed by atoms with Gasteiger partial charge in [0.15, 0.2) is 0 Å². The van der Waals surface area contributed by atoms with E-state index in [0.717, 1.165) is 16.9 Å². The number of anilines is 2. The Morgan fingerprint density at radius 3 is 2.70 bits per heavy atom. The number of hydrogen-bond acceptors (Lipinski definition) is 5. The SMILES string of the molecule is Cc1ccccc1Oc1cccc(Cl)c1CNc1n[nH]c(N)n1. The van der Waals surface area contributed by atoms with Crippen molar-refractivity contribution in [1.82, 2.24) is 15.2 Å². The first-order valence-corrected chi connectivity index (χ1v) is 7.44. The minimum atomic E-state index is 0.253. The maximum atomic E-state index is 6.31. The number of nitrogens with one attached hydrogen (secondary N) is 2. The van der Waals surface area contributed by atoms with Crippen LogP contribution in [-0.4, -0.2) is 15.2 Å². The molecule has 1 heterocycles. The fraction of sp³-hybridized carbons (Fsp3) is 0.125. The Bertz CT molecular complexity index is 818. The van der Waals surface area contributed by atoms with E-state index in [0.29, 0.717) is 23.3 Å². The molecule has 0 aliphatic carbocycles. The molecule has 118 valence electrons. The number of para-hydroxylation sites is 1. The number of nitrogens with two attached hydrogens (primary N) is 1. The summed E-state index contributed by atoms with van der Waals surface area (Å²) in [5.74, 6) is 2.13. The van der Waals surface area contributed by atoms with Gasteiger partial charge in [-0.1, -0.05) is 35.9 Å². The van der Waals surface area contributed by atoms with Gasteiger partial charge in [0.05, 0.1) is 0 Å². The minimum absolute atomic E-state index is 0.253. The van der Waals surface area contributed by atoms with Crippen LogP contribution in [0.3, 0.4) is 0 Å². The highest BCUT2D eigenvalue weighted by atomic mass is 35.5. The minimum Gasteiger partial charge on any atom is -0.457 e. The van der Waals surface area contributed by atoms with Crippen molar-refractivity contribution < 1.29 is 4.74 Å². The van der Waals surface area contributed by atoms with Crippen LogP contribution in [0.1, 0.15) is 11.1 Å². The summed E-state index contributed by atoms with van der Waals surface area (Å²) in [6.45, 7) is 2.41. The third-order valence-electron chi connectivity index (χ3n) is 3.32. The molecule has 3 rings (SSSR count). The van der Waals surface area contributed by atoms with Crippen LogP contribution in [0, 0.1) is 6.92 Å². The average Bonchev–Trinajstić information content (AvgIpc) is 2.94. The van der Waals surface area contributed by atoms with Gasteiger partial charge in [-0.05, 0) is 30.7 Å². The largest absolute Gasteiger partial charge is 0.457 e. The average molecular weight is 330 g/mol. The number of aromatic nitrogens is 3. The van der Waals surface area contributed by atoms with Crippen LogP contribution in [0.5, 0.6) is 11.5 Å². The molecule has 3 aromatic rings. The second-order valence-corrected chi connectivity index (χ2v) is 5.39. The van der Waals surface area contributed by atoms with Gasteiger partial charge in [-0.15, -0.1) is 5.10 Å². The summed E-state index contributed by atoms with van der Waals surface area (Å²) in [5.41, 5.74) is 7.38. The molecule has 4 N–H and O–H groups in total. The molecule has 23 heavy (non-hydrogen) atoms. The van der Waals surface area contributed by atoms with E-state index in [9.17, 15) is 0 Å². The standard InChI is InChI=1S/C16H16ClN5O/c1-10-5-2-3-7-13(10)23-14-8-4-6-12(17)11(14)9-19-16-20-15(18)21-22-16/h2-8H,9H2,1H3,(H4,18,19,20,21,22). The monoisotopic (exact) mass is 329 g/mol. The topological polar surface area (TPSA) is 88.8 Å². The normalized spacial score (nSPS) is 10.5. The molecule has 7 heteroatoms. The van der Waals surface area contributed by atoms with Crippen LogP contribution in [0.25, 0.3) is 0 Å². The summed E-state index contributed by atoms with van der Waals surface area (Å²) < 4.78 is 6.02. The van der Waals surface area contributed by atoms with Crippen molar-refractivity contribution >= 4 is 23.5 Å². The summed E-state index contributed by atoms with van der Waals surface area (Å²) in [6.07, 6.45) is 0. The van der Waals surface area contributed by atoms with E-state index in [1.165, 1.54) is 0 Å². The Morgan fingerprint density at radius 1 is 1.17 bits per heavy atom. The number of halogens is 1. The second kappa shape index (κ2) is 6.58. The summed E-state index contributed by atoms with van der Waals surface area (Å²) in [5, 5.41) is 10.2. The van der Waals surface area contributed by atoms with Gasteiger partial charge >= 0.3 is 0 Å². The maximum Gasteiger partial charge on any atom is 0.243 e. The van der Waals surface area contributed by atoms with Gasteiger partial charge in [0.1, 0.15) is 11.5 Å². The van der Waals surface area contributed by atoms with E-state index in [4.69, 9.17) is 22.1 Å². The lowest BCUT2D eigenvalue weighted by atomic mass is 10.2. The third kappa shape index (κ3) is 3.54. The Balaban J connectivity index is 1.83. The lowest BCUT2D eigenvalue weighted by Gasteiger charge is -2.14. The number of nitrogens with zero attached hydrogens (tertiary/aromatic N) is 2. The molecule has 0 saturated carbocycles. The summed E-state index contributed by atoms with van der Waals surface area (Å²) >= 11 is 6.31. The van der Waals surface area contributed by atoms with Crippen LogP contribution in [0.15, 0.2) is 42.5 Å². The molecule has 0 unspecified atom stereocenters. The first-order valence-electron chi connectivity index (χ1n) is 7.06.